The van der Waals surface area contributed by atoms with Crippen LogP contribution < -0.4 is 19.6 Å². The summed E-state index contributed by atoms with van der Waals surface area (Å²) in [7, 11) is 1.44. The summed E-state index contributed by atoms with van der Waals surface area (Å²) in [5.74, 6) is -0.736. The summed E-state index contributed by atoms with van der Waals surface area (Å²) in [4.78, 5) is 31.2. The molecule has 1 aliphatic heterocycles. The van der Waals surface area contributed by atoms with Crippen molar-refractivity contribution in [2.24, 2.45) is 4.99 Å². The van der Waals surface area contributed by atoms with Crippen LogP contribution in [-0.2, 0) is 9.53 Å². The van der Waals surface area contributed by atoms with Crippen LogP contribution in [0.5, 0.6) is 11.5 Å². The molecule has 0 fully saturated rings. The number of phenolic OH excluding ortho intramolecular Hbond substituents is 1. The number of nitrogens with zero attached hydrogens (tertiary/aromatic N) is 2. The Morgan fingerprint density at radius 2 is 2.00 bits per heavy atom. The van der Waals surface area contributed by atoms with Gasteiger partial charge in [0.15, 0.2) is 16.3 Å². The SMILES string of the molecule is CCOC(=O)C1=C(C)N=c2s/c(=C/c3ccc(O)c(OC)c3)c(=O)n2[C@@H]1c1ccc(F)cc1. The van der Waals surface area contributed by atoms with E-state index in [4.69, 9.17) is 9.47 Å². The number of ether oxygens (including phenoxy) is 2. The third-order valence-corrected chi connectivity index (χ3v) is 6.19. The molecule has 0 bridgehead atoms. The van der Waals surface area contributed by atoms with Crippen LogP contribution in [0.2, 0.25) is 0 Å². The molecule has 1 atom stereocenters. The second-order valence-electron chi connectivity index (χ2n) is 7.29. The Bertz CT molecular complexity index is 1440. The lowest BCUT2D eigenvalue weighted by Gasteiger charge is -2.24. The predicted octanol–water partition coefficient (Wildman–Crippen LogP) is 2.65. The van der Waals surface area contributed by atoms with Gasteiger partial charge in [0.25, 0.3) is 5.56 Å². The van der Waals surface area contributed by atoms with Crippen molar-refractivity contribution in [2.45, 2.75) is 19.9 Å². The average Bonchev–Trinajstić information content (AvgIpc) is 3.09. The monoisotopic (exact) mass is 468 g/mol. The number of hydrogen-bond acceptors (Lipinski definition) is 7. The van der Waals surface area contributed by atoms with Crippen molar-refractivity contribution in [3.05, 3.63) is 90.4 Å². The standard InChI is InChI=1S/C24H21FN2O5S/c1-4-32-23(30)20-13(2)26-24-27(21(20)15-6-8-16(25)9-7-15)22(29)19(33-24)12-14-5-10-17(28)18(11-14)31-3/h5-12,21,28H,4H2,1-3H3/b19-12+/t21-/m1/s1. The second kappa shape index (κ2) is 9.03. The maximum Gasteiger partial charge on any atom is 0.338 e. The van der Waals surface area contributed by atoms with E-state index < -0.39 is 17.8 Å². The van der Waals surface area contributed by atoms with Crippen molar-refractivity contribution in [1.82, 2.24) is 4.57 Å². The highest BCUT2D eigenvalue weighted by molar-refractivity contribution is 7.07. The Hall–Kier alpha value is -3.72. The van der Waals surface area contributed by atoms with Crippen molar-refractivity contribution < 1.29 is 23.8 Å². The van der Waals surface area contributed by atoms with Gasteiger partial charge in [-0.05, 0) is 55.3 Å². The van der Waals surface area contributed by atoms with Crippen molar-refractivity contribution >= 4 is 23.4 Å². The van der Waals surface area contributed by atoms with Gasteiger partial charge in [-0.1, -0.05) is 29.5 Å². The predicted molar refractivity (Wildman–Crippen MR) is 121 cm³/mol. The first kappa shape index (κ1) is 22.5. The molecule has 3 aromatic rings. The van der Waals surface area contributed by atoms with Crippen LogP contribution >= 0.6 is 11.3 Å². The molecule has 33 heavy (non-hydrogen) atoms. The number of aromatic hydroxyl groups is 1. The largest absolute Gasteiger partial charge is 0.504 e. The highest BCUT2D eigenvalue weighted by atomic mass is 32.1. The van der Waals surface area contributed by atoms with E-state index in [-0.39, 0.29) is 29.2 Å². The quantitative estimate of drug-likeness (QED) is 0.582. The summed E-state index contributed by atoms with van der Waals surface area (Å²) < 4.78 is 25.8. The zero-order valence-electron chi connectivity index (χ0n) is 18.2. The normalized spacial score (nSPS) is 15.8. The van der Waals surface area contributed by atoms with Crippen LogP contribution in [0.25, 0.3) is 6.08 Å². The van der Waals surface area contributed by atoms with E-state index in [1.807, 2.05) is 0 Å². The van der Waals surface area contributed by atoms with E-state index in [1.54, 1.807) is 44.2 Å². The van der Waals surface area contributed by atoms with E-state index in [9.17, 15) is 19.1 Å². The third-order valence-electron chi connectivity index (χ3n) is 5.20. The number of methoxy groups -OCH3 is 1. The molecular weight excluding hydrogens is 447 g/mol. The van der Waals surface area contributed by atoms with Crippen LogP contribution in [0.1, 0.15) is 31.0 Å². The maximum atomic E-state index is 13.6. The van der Waals surface area contributed by atoms with Crippen LogP contribution in [0.4, 0.5) is 4.39 Å². The van der Waals surface area contributed by atoms with Gasteiger partial charge in [-0.3, -0.25) is 9.36 Å². The lowest BCUT2D eigenvalue weighted by Crippen LogP contribution is -2.39. The molecule has 0 saturated heterocycles. The third kappa shape index (κ3) is 4.19. The molecule has 1 aromatic heterocycles. The molecule has 0 saturated carbocycles. The van der Waals surface area contributed by atoms with Crippen molar-refractivity contribution in [1.29, 1.82) is 0 Å². The van der Waals surface area contributed by atoms with E-state index in [2.05, 4.69) is 4.99 Å². The van der Waals surface area contributed by atoms with E-state index in [0.29, 0.717) is 26.2 Å². The molecular formula is C24H21FN2O5S. The summed E-state index contributed by atoms with van der Waals surface area (Å²) in [5.41, 5.74) is 1.52. The lowest BCUT2D eigenvalue weighted by atomic mass is 9.96. The van der Waals surface area contributed by atoms with Gasteiger partial charge in [0, 0.05) is 0 Å². The molecule has 2 aromatic carbocycles. The summed E-state index contributed by atoms with van der Waals surface area (Å²) in [5, 5.41) is 9.83. The lowest BCUT2D eigenvalue weighted by molar-refractivity contribution is -0.139. The van der Waals surface area contributed by atoms with Gasteiger partial charge in [0.05, 0.1) is 35.6 Å². The molecule has 0 aliphatic carbocycles. The van der Waals surface area contributed by atoms with Crippen molar-refractivity contribution in [3.8, 4) is 11.5 Å². The summed E-state index contributed by atoms with van der Waals surface area (Å²) >= 11 is 1.17. The number of thiazole rings is 1. The van der Waals surface area contributed by atoms with Gasteiger partial charge >= 0.3 is 5.97 Å². The van der Waals surface area contributed by atoms with Crippen LogP contribution in [0.15, 0.2) is 63.5 Å². The molecule has 1 N–H and O–H groups in total. The Morgan fingerprint density at radius 1 is 1.27 bits per heavy atom. The van der Waals surface area contributed by atoms with Gasteiger partial charge < -0.3 is 14.6 Å². The van der Waals surface area contributed by atoms with Gasteiger partial charge in [-0.15, -0.1) is 0 Å². The van der Waals surface area contributed by atoms with E-state index in [1.165, 1.54) is 41.2 Å². The Kier molecular flexibility index (Phi) is 6.15. The second-order valence-corrected chi connectivity index (χ2v) is 8.29. The van der Waals surface area contributed by atoms with Gasteiger partial charge in [-0.25, -0.2) is 14.2 Å². The molecule has 2 heterocycles. The van der Waals surface area contributed by atoms with Gasteiger partial charge in [0.1, 0.15) is 5.82 Å². The number of esters is 1. The minimum Gasteiger partial charge on any atom is -0.504 e. The first-order valence-electron chi connectivity index (χ1n) is 10.2. The molecule has 0 radical (unpaired) electrons. The molecule has 0 unspecified atom stereocenters. The molecule has 1 aliphatic rings. The molecule has 170 valence electrons. The number of carbonyl (C=O) groups excluding carboxylic acids is 1. The summed E-state index contributed by atoms with van der Waals surface area (Å²) in [6.07, 6.45) is 1.66. The molecule has 0 spiro atoms. The Balaban J connectivity index is 1.94. The average molecular weight is 469 g/mol. The van der Waals surface area contributed by atoms with Crippen LogP contribution in [0.3, 0.4) is 0 Å². The molecule has 7 nitrogen and oxygen atoms in total. The zero-order valence-corrected chi connectivity index (χ0v) is 19.0. The van der Waals surface area contributed by atoms with Crippen molar-refractivity contribution in [3.63, 3.8) is 0 Å². The minimum atomic E-state index is -0.808. The highest BCUT2D eigenvalue weighted by Gasteiger charge is 2.33. The number of fused-ring (bicyclic) bond motifs is 1. The fourth-order valence-corrected chi connectivity index (χ4v) is 4.73. The first-order valence-corrected chi connectivity index (χ1v) is 11.0. The number of benzene rings is 2. The number of rotatable bonds is 5. The zero-order chi connectivity index (χ0) is 23.7. The topological polar surface area (TPSA) is 90.1 Å². The first-order chi connectivity index (χ1) is 15.8. The fourth-order valence-electron chi connectivity index (χ4n) is 3.69. The van der Waals surface area contributed by atoms with Gasteiger partial charge in [-0.2, -0.15) is 0 Å². The summed E-state index contributed by atoms with van der Waals surface area (Å²) in [6, 6.07) is 9.59. The van der Waals surface area contributed by atoms with E-state index in [0.717, 1.165) is 0 Å². The Labute approximate surface area is 192 Å². The maximum absolute atomic E-state index is 13.6. The minimum absolute atomic E-state index is 0.0119. The number of halogens is 1. The number of allylic oxidation sites excluding steroid dienone is 1. The van der Waals surface area contributed by atoms with Gasteiger partial charge in [0.2, 0.25) is 0 Å². The number of hydrogen-bond donors (Lipinski definition) is 1. The van der Waals surface area contributed by atoms with Crippen molar-refractivity contribution in [2.75, 3.05) is 13.7 Å². The smallest absolute Gasteiger partial charge is 0.338 e. The Morgan fingerprint density at radius 3 is 2.67 bits per heavy atom. The molecule has 9 heteroatoms. The number of carbonyl (C=O) groups is 1. The molecule has 4 rings (SSSR count). The van der Waals surface area contributed by atoms with Crippen LogP contribution in [-0.4, -0.2) is 29.4 Å². The number of phenols is 1. The summed E-state index contributed by atoms with van der Waals surface area (Å²) in [6.45, 7) is 3.55. The van der Waals surface area contributed by atoms with Crippen LogP contribution in [0, 0.1) is 5.82 Å². The van der Waals surface area contributed by atoms with E-state index >= 15 is 0 Å². The fraction of sp³-hybridized carbons (Fsp3) is 0.208. The number of aromatic nitrogens is 1. The molecule has 0 amide bonds. The highest BCUT2D eigenvalue weighted by Crippen LogP contribution is 2.31.